The summed E-state index contributed by atoms with van der Waals surface area (Å²) in [4.78, 5) is 85.3. The topological polar surface area (TPSA) is 284 Å². The molecule has 3 aromatic rings. The molecule has 24 heteroatoms. The number of methoxy groups -OCH3 is 3. The van der Waals surface area contributed by atoms with Gasteiger partial charge in [-0.1, -0.05) is 152 Å². The van der Waals surface area contributed by atoms with Gasteiger partial charge in [0.15, 0.2) is 34.5 Å². The van der Waals surface area contributed by atoms with Crippen LogP contribution >= 0.6 is 24.0 Å². The van der Waals surface area contributed by atoms with E-state index in [0.717, 1.165) is 127 Å². The summed E-state index contributed by atoms with van der Waals surface area (Å²) in [5.74, 6) is 1.45. The Morgan fingerprint density at radius 3 is 0.981 bits per heavy atom. The number of esters is 2. The normalized spacial score (nSPS) is 10.6. The predicted octanol–water partition coefficient (Wildman–Crippen LogP) is 14.7. The molecule has 3 aromatic carbocycles. The molecule has 0 bridgehead atoms. The number of carbonyl (C=O) groups excluding carboxylic acids is 5. The lowest BCUT2D eigenvalue weighted by Gasteiger charge is -2.17. The average Bonchev–Trinajstić information content (AvgIpc) is 0.867. The Labute approximate surface area is 631 Å². The maximum atomic E-state index is 12.1. The van der Waals surface area contributed by atoms with E-state index in [1.54, 1.807) is 42.5 Å². The number of likely N-dealkylation sites (N-methyl/N-ethyl adjacent to an activating group) is 3. The number of halogens is 2. The smallest absolute Gasteiger partial charge is 0.325 e. The number of hydrogen-bond donors (Lipinski definition) is 7. The molecule has 0 atom stereocenters. The van der Waals surface area contributed by atoms with Crippen molar-refractivity contribution in [3.8, 4) is 34.5 Å². The largest absolute Gasteiger partial charge is 0.504 e. The fourth-order valence-corrected chi connectivity index (χ4v) is 8.72. The molecule has 0 saturated carbocycles. The Morgan fingerprint density at radius 2 is 0.738 bits per heavy atom. The van der Waals surface area contributed by atoms with Crippen LogP contribution in [-0.2, 0) is 53.2 Å². The lowest BCUT2D eigenvalue weighted by Crippen LogP contribution is -2.32. The molecule has 590 valence electrons. The van der Waals surface area contributed by atoms with Gasteiger partial charge in [-0.15, -0.1) is 24.0 Å². The summed E-state index contributed by atoms with van der Waals surface area (Å²) < 4.78 is 26.7. The predicted molar refractivity (Wildman–Crippen MR) is 422 cm³/mol. The monoisotopic (exact) mass is 1490 g/mol. The SMILES string of the molecule is CCN(CC)CC(=O)O.CCN(CC)CC(=O)Oc1ccc(CNC(=O)CCCC/C=C/C(C)C)cc1OC.CCN(CC)CC(=O)Oc1ccc(CNC(=O)CCCC/C=C/C(C)C)cc1OC.CCNCC.COc1cc(CNC(=O)CCCC/C=C/C(C)C)ccc1O.Cl.O=C(O)CCl.[CH3-]. The van der Waals surface area contributed by atoms with E-state index in [4.69, 9.17) is 45.5 Å². The van der Waals surface area contributed by atoms with E-state index in [1.807, 2.05) is 68.4 Å². The third-order valence-electron chi connectivity index (χ3n) is 14.6. The molecule has 3 rings (SSSR count). The molecular formula is C79H134Cl2N7O15-. The van der Waals surface area contributed by atoms with E-state index in [9.17, 15) is 38.7 Å². The van der Waals surface area contributed by atoms with Crippen molar-refractivity contribution in [1.82, 2.24) is 36.0 Å². The first-order chi connectivity index (χ1) is 48.2. The summed E-state index contributed by atoms with van der Waals surface area (Å²) in [7, 11) is 4.57. The van der Waals surface area contributed by atoms with Crippen molar-refractivity contribution in [1.29, 1.82) is 0 Å². The van der Waals surface area contributed by atoms with Gasteiger partial charge < -0.3 is 67.7 Å². The van der Waals surface area contributed by atoms with Gasteiger partial charge in [0.25, 0.3) is 0 Å². The number of carboxylic acids is 2. The molecule has 0 aliphatic rings. The van der Waals surface area contributed by atoms with Gasteiger partial charge in [-0.25, -0.2) is 0 Å². The van der Waals surface area contributed by atoms with Crippen LogP contribution in [0.1, 0.15) is 191 Å². The number of nitrogens with zero attached hydrogens (tertiary/aromatic N) is 3. The zero-order chi connectivity index (χ0) is 76.8. The van der Waals surface area contributed by atoms with Crippen LogP contribution in [0, 0.1) is 25.2 Å². The van der Waals surface area contributed by atoms with Crippen LogP contribution in [0.5, 0.6) is 34.5 Å². The fourth-order valence-electron chi connectivity index (χ4n) is 8.72. The molecule has 0 aliphatic carbocycles. The molecule has 0 unspecified atom stereocenters. The van der Waals surface area contributed by atoms with Crippen LogP contribution in [0.3, 0.4) is 0 Å². The quantitative estimate of drug-likeness (QED) is 0.00691. The number of phenols is 1. The first kappa shape index (κ1) is 104. The molecule has 0 spiro atoms. The van der Waals surface area contributed by atoms with Crippen molar-refractivity contribution in [3.63, 3.8) is 0 Å². The van der Waals surface area contributed by atoms with E-state index < -0.39 is 11.9 Å². The van der Waals surface area contributed by atoms with Crippen molar-refractivity contribution in [2.24, 2.45) is 17.8 Å². The van der Waals surface area contributed by atoms with Gasteiger partial charge >= 0.3 is 23.9 Å². The highest BCUT2D eigenvalue weighted by molar-refractivity contribution is 6.26. The second-order valence-corrected chi connectivity index (χ2v) is 24.5. The molecule has 0 aromatic heterocycles. The van der Waals surface area contributed by atoms with E-state index in [0.29, 0.717) is 85.4 Å². The number of amides is 3. The Bertz CT molecular complexity index is 2670. The maximum absolute atomic E-state index is 12.1. The number of unbranched alkanes of at least 4 members (excludes halogenated alkanes) is 6. The van der Waals surface area contributed by atoms with Crippen molar-refractivity contribution in [3.05, 3.63) is 115 Å². The number of ether oxygens (including phenoxy) is 5. The number of benzene rings is 3. The van der Waals surface area contributed by atoms with Crippen LogP contribution in [-0.4, -0.2) is 171 Å². The van der Waals surface area contributed by atoms with Crippen LogP contribution in [0.15, 0.2) is 91.1 Å². The second kappa shape index (κ2) is 69.2. The van der Waals surface area contributed by atoms with Crippen LogP contribution in [0.25, 0.3) is 0 Å². The highest BCUT2D eigenvalue weighted by Gasteiger charge is 2.16. The summed E-state index contributed by atoms with van der Waals surface area (Å²) in [6.45, 7) is 37.9. The maximum Gasteiger partial charge on any atom is 0.325 e. The number of nitrogens with one attached hydrogen (secondary N) is 4. The summed E-state index contributed by atoms with van der Waals surface area (Å²) in [5, 5.41) is 37.3. The second-order valence-electron chi connectivity index (χ2n) is 24.3. The van der Waals surface area contributed by atoms with Crippen molar-refractivity contribution >= 4 is 65.6 Å². The van der Waals surface area contributed by atoms with E-state index >= 15 is 0 Å². The Morgan fingerprint density at radius 1 is 0.447 bits per heavy atom. The first-order valence-electron chi connectivity index (χ1n) is 36.0. The minimum absolute atomic E-state index is 0. The lowest BCUT2D eigenvalue weighted by molar-refractivity contribution is -0.138. The number of phenolic OH excluding ortho intramolecular Hbond substituents is 1. The highest BCUT2D eigenvalue weighted by Crippen LogP contribution is 2.30. The molecule has 0 heterocycles. The number of aromatic hydroxyl groups is 1. The van der Waals surface area contributed by atoms with Crippen molar-refractivity contribution < 1.29 is 72.6 Å². The van der Waals surface area contributed by atoms with Gasteiger partial charge in [-0.2, -0.15) is 0 Å². The van der Waals surface area contributed by atoms with Gasteiger partial charge in [0.2, 0.25) is 17.7 Å². The van der Waals surface area contributed by atoms with Crippen LogP contribution < -0.4 is 45.0 Å². The van der Waals surface area contributed by atoms with Crippen LogP contribution in [0.2, 0.25) is 0 Å². The molecule has 0 saturated heterocycles. The average molecular weight is 1490 g/mol. The molecular weight excluding hydrogens is 1360 g/mol. The number of rotatable bonds is 44. The summed E-state index contributed by atoms with van der Waals surface area (Å²) in [6.07, 6.45) is 23.5. The summed E-state index contributed by atoms with van der Waals surface area (Å²) in [6, 6.07) is 15.7. The van der Waals surface area contributed by atoms with E-state index in [2.05, 4.69) is 113 Å². The Kier molecular flexibility index (Phi) is 70.1. The summed E-state index contributed by atoms with van der Waals surface area (Å²) >= 11 is 4.74. The molecule has 0 fully saturated rings. The Hall–Kier alpha value is -7.21. The first-order valence-corrected chi connectivity index (χ1v) is 36.5. The third kappa shape index (κ3) is 60.9. The van der Waals surface area contributed by atoms with Gasteiger partial charge in [-0.05, 0) is 181 Å². The number of aliphatic carboxylic acids is 2. The molecule has 3 amide bonds. The molecule has 103 heavy (non-hydrogen) atoms. The summed E-state index contributed by atoms with van der Waals surface area (Å²) in [5.41, 5.74) is 2.69. The van der Waals surface area contributed by atoms with Crippen molar-refractivity contribution in [2.45, 2.75) is 194 Å². The van der Waals surface area contributed by atoms with E-state index in [1.165, 1.54) is 21.3 Å². The zero-order valence-electron chi connectivity index (χ0n) is 65.9. The molecule has 22 nitrogen and oxygen atoms in total. The van der Waals surface area contributed by atoms with Gasteiger partial charge in [0, 0.05) is 38.9 Å². The van der Waals surface area contributed by atoms with Crippen LogP contribution in [0.4, 0.5) is 0 Å². The Balaban J connectivity index is -0.000000412. The minimum atomic E-state index is -0.980. The molecule has 7 N–H and O–H groups in total. The highest BCUT2D eigenvalue weighted by atomic mass is 35.5. The third-order valence-corrected chi connectivity index (χ3v) is 14.8. The molecule has 0 aliphatic heterocycles. The number of carboxylic acid groups (broad SMARTS) is 2. The van der Waals surface area contributed by atoms with Gasteiger partial charge in [0.05, 0.1) is 41.0 Å². The number of alkyl halides is 1. The lowest BCUT2D eigenvalue weighted by atomic mass is 10.1. The standard InChI is InChI=1S/2C24H38N2O4.C18H27NO3.C6H13NO2.C4H11N.C2H3ClO2.CH3.ClH/c2*1-6-26(7-2)18-24(28)30-21-15-14-20(16-22(21)29-5)17-25-23(27)13-11-9-8-10-12-19(3)4;1-14(2)8-6-4-5-7-9-18(21)19-13-15-10-11-16(20)17(12-15)22-3;1-3-7(4-2)5-6(8)9;1-3-5-4-2;3-1-2(4)5;;/h2*10,12,14-16,19H,6-9,11,13,17-18H2,1-5H3,(H,25,27);6,8,10-12,14,20H,4-5,7,9,13H2,1-3H3,(H,19,21);3-5H2,1-2H3,(H,8,9);5H,3-4H2,1-2H3;1H2,(H,4,5);1H3;1H/q;;;;;;-1;/b2*12-10+;8-6+;;;;;. The van der Waals surface area contributed by atoms with Gasteiger partial charge in [-0.3, -0.25) is 48.3 Å². The minimum Gasteiger partial charge on any atom is -0.504 e. The number of carbonyl (C=O) groups is 7. The van der Waals surface area contributed by atoms with Crippen molar-refractivity contribution in [2.75, 3.05) is 99.2 Å². The van der Waals surface area contributed by atoms with E-state index in [-0.39, 0.29) is 80.8 Å². The number of allylic oxidation sites excluding steroid dienone is 6. The van der Waals surface area contributed by atoms with Gasteiger partial charge in [0.1, 0.15) is 5.88 Å². The number of hydrogen-bond acceptors (Lipinski definition) is 17. The zero-order valence-corrected chi connectivity index (χ0v) is 67.4. The fraction of sp³-hybridized carbons (Fsp3) is 0.595. The molecule has 0 radical (unpaired) electrons.